The zero-order chi connectivity index (χ0) is 14.5. The molecule has 0 aliphatic carbocycles. The second kappa shape index (κ2) is 7.03. The molecule has 1 unspecified atom stereocenters. The molecule has 0 spiro atoms. The Bertz CT molecular complexity index is 598. The van der Waals surface area contributed by atoms with E-state index in [1.807, 2.05) is 12.1 Å². The largest absolute Gasteiger partial charge is 0.292 e. The molecule has 1 aromatic heterocycles. The van der Waals surface area contributed by atoms with E-state index in [-0.39, 0.29) is 0 Å². The molecule has 0 aliphatic rings. The Balaban J connectivity index is 2.14. The van der Waals surface area contributed by atoms with E-state index in [1.165, 1.54) is 14.9 Å². The van der Waals surface area contributed by atoms with Gasteiger partial charge >= 0.3 is 0 Å². The van der Waals surface area contributed by atoms with Crippen LogP contribution in [0.25, 0.3) is 0 Å². The fourth-order valence-corrected chi connectivity index (χ4v) is 3.69. The Hall–Kier alpha value is -1.15. The Kier molecular flexibility index (Phi) is 5.36. The number of rotatable bonds is 5. The highest BCUT2D eigenvalue weighted by Gasteiger charge is 2.16. The molecule has 1 atom stereocenters. The topological polar surface area (TPSA) is 27.0 Å². The van der Waals surface area contributed by atoms with Crippen LogP contribution in [0.4, 0.5) is 0 Å². The van der Waals surface area contributed by atoms with Crippen LogP contribution in [0.5, 0.6) is 0 Å². The van der Waals surface area contributed by atoms with Gasteiger partial charge in [0, 0.05) is 21.9 Å². The van der Waals surface area contributed by atoms with Crippen LogP contribution in [0.3, 0.4) is 0 Å². The minimum atomic E-state index is 0.335. The van der Waals surface area contributed by atoms with Crippen LogP contribution in [0.1, 0.15) is 35.9 Å². The van der Waals surface area contributed by atoms with E-state index in [9.17, 15) is 0 Å². The lowest BCUT2D eigenvalue weighted by Crippen LogP contribution is -2.26. The van der Waals surface area contributed by atoms with Gasteiger partial charge in [0.25, 0.3) is 0 Å². The molecule has 4 heteroatoms. The van der Waals surface area contributed by atoms with Crippen molar-refractivity contribution >= 4 is 27.3 Å². The zero-order valence-corrected chi connectivity index (χ0v) is 14.0. The Morgan fingerprint density at radius 1 is 1.30 bits per heavy atom. The van der Waals surface area contributed by atoms with Crippen LogP contribution < -0.4 is 0 Å². The first kappa shape index (κ1) is 15.2. The number of nitrogens with zero attached hydrogens (tertiary/aromatic N) is 2. The molecule has 2 nitrogen and oxygen atoms in total. The summed E-state index contributed by atoms with van der Waals surface area (Å²) in [6.07, 6.45) is 0. The summed E-state index contributed by atoms with van der Waals surface area (Å²) in [5.41, 5.74) is 1.96. The first-order valence-corrected chi connectivity index (χ1v) is 8.29. The predicted octanol–water partition coefficient (Wildman–Crippen LogP) is 4.97. The second-order valence-electron chi connectivity index (χ2n) is 4.66. The highest BCUT2D eigenvalue weighted by atomic mass is 79.9. The van der Waals surface area contributed by atoms with Crippen molar-refractivity contribution in [3.8, 4) is 6.07 Å². The van der Waals surface area contributed by atoms with Gasteiger partial charge in [0.05, 0.1) is 11.6 Å². The number of halogens is 1. The van der Waals surface area contributed by atoms with E-state index in [0.717, 1.165) is 13.1 Å². The van der Waals surface area contributed by atoms with Gasteiger partial charge in [-0.25, -0.2) is 0 Å². The predicted molar refractivity (Wildman–Crippen MR) is 87.7 cm³/mol. The highest BCUT2D eigenvalue weighted by molar-refractivity contribution is 9.10. The SMILES string of the molecule is CCN(Cc1sccc1Br)C(C)c1ccc(C#N)cc1. The molecule has 2 rings (SSSR count). The summed E-state index contributed by atoms with van der Waals surface area (Å²) in [5, 5.41) is 11.0. The molecule has 0 saturated heterocycles. The normalized spacial score (nSPS) is 12.3. The first-order valence-electron chi connectivity index (χ1n) is 6.61. The zero-order valence-electron chi connectivity index (χ0n) is 11.6. The Morgan fingerprint density at radius 3 is 2.50 bits per heavy atom. The molecule has 0 N–H and O–H groups in total. The van der Waals surface area contributed by atoms with E-state index in [2.05, 4.69) is 64.3 Å². The van der Waals surface area contributed by atoms with Gasteiger partial charge in [-0.3, -0.25) is 4.90 Å². The molecule has 0 bridgehead atoms. The van der Waals surface area contributed by atoms with E-state index in [0.29, 0.717) is 11.6 Å². The molecule has 0 amide bonds. The summed E-state index contributed by atoms with van der Waals surface area (Å²) in [4.78, 5) is 3.78. The van der Waals surface area contributed by atoms with Gasteiger partial charge in [-0.2, -0.15) is 5.26 Å². The lowest BCUT2D eigenvalue weighted by molar-refractivity contribution is 0.214. The van der Waals surface area contributed by atoms with Crippen LogP contribution in [0.15, 0.2) is 40.2 Å². The number of hydrogen-bond acceptors (Lipinski definition) is 3. The molecule has 104 valence electrons. The van der Waals surface area contributed by atoms with Gasteiger partial charge < -0.3 is 0 Å². The summed E-state index contributed by atoms with van der Waals surface area (Å²) in [7, 11) is 0. The molecule has 0 radical (unpaired) electrons. The maximum absolute atomic E-state index is 8.86. The number of benzene rings is 1. The quantitative estimate of drug-likeness (QED) is 0.762. The Labute approximate surface area is 132 Å². The fraction of sp³-hybridized carbons (Fsp3) is 0.312. The standard InChI is InChI=1S/C16H17BrN2S/c1-3-19(11-16-15(17)8-9-20-16)12(2)14-6-4-13(10-18)5-7-14/h4-9,12H,3,11H2,1-2H3. The maximum atomic E-state index is 8.86. The minimum Gasteiger partial charge on any atom is -0.292 e. The fourth-order valence-electron chi connectivity index (χ4n) is 2.19. The van der Waals surface area contributed by atoms with Crippen LogP contribution in [-0.2, 0) is 6.54 Å². The summed E-state index contributed by atoms with van der Waals surface area (Å²) >= 11 is 5.38. The average molecular weight is 349 g/mol. The van der Waals surface area contributed by atoms with Crippen molar-refractivity contribution in [2.45, 2.75) is 26.4 Å². The molecular formula is C16H17BrN2S. The summed E-state index contributed by atoms with van der Waals surface area (Å²) < 4.78 is 1.19. The van der Waals surface area contributed by atoms with E-state index in [4.69, 9.17) is 5.26 Å². The highest BCUT2D eigenvalue weighted by Crippen LogP contribution is 2.28. The smallest absolute Gasteiger partial charge is 0.0991 e. The molecule has 2 aromatic rings. The van der Waals surface area contributed by atoms with E-state index in [1.54, 1.807) is 11.3 Å². The van der Waals surface area contributed by atoms with Crippen molar-refractivity contribution in [1.29, 1.82) is 5.26 Å². The monoisotopic (exact) mass is 348 g/mol. The third kappa shape index (κ3) is 3.49. The van der Waals surface area contributed by atoms with Crippen molar-refractivity contribution in [2.24, 2.45) is 0 Å². The van der Waals surface area contributed by atoms with Crippen LogP contribution in [-0.4, -0.2) is 11.4 Å². The summed E-state index contributed by atoms with van der Waals surface area (Å²) in [6.45, 7) is 6.33. The lowest BCUT2D eigenvalue weighted by atomic mass is 10.0. The van der Waals surface area contributed by atoms with Crippen molar-refractivity contribution in [1.82, 2.24) is 4.90 Å². The van der Waals surface area contributed by atoms with Crippen LogP contribution in [0, 0.1) is 11.3 Å². The van der Waals surface area contributed by atoms with Gasteiger partial charge in [0.1, 0.15) is 0 Å². The van der Waals surface area contributed by atoms with Crippen molar-refractivity contribution in [2.75, 3.05) is 6.54 Å². The lowest BCUT2D eigenvalue weighted by Gasteiger charge is -2.28. The molecule has 0 aliphatic heterocycles. The third-order valence-electron chi connectivity index (χ3n) is 3.51. The van der Waals surface area contributed by atoms with Crippen molar-refractivity contribution in [3.05, 3.63) is 56.2 Å². The van der Waals surface area contributed by atoms with Gasteiger partial charge in [-0.15, -0.1) is 11.3 Å². The number of thiophene rings is 1. The second-order valence-corrected chi connectivity index (χ2v) is 6.52. The average Bonchev–Trinajstić information content (AvgIpc) is 2.89. The third-order valence-corrected chi connectivity index (χ3v) is 5.42. The molecule has 0 saturated carbocycles. The first-order chi connectivity index (χ1) is 9.65. The minimum absolute atomic E-state index is 0.335. The Morgan fingerprint density at radius 2 is 2.00 bits per heavy atom. The number of hydrogen-bond donors (Lipinski definition) is 0. The van der Waals surface area contributed by atoms with Crippen LogP contribution in [0.2, 0.25) is 0 Å². The van der Waals surface area contributed by atoms with E-state index < -0.39 is 0 Å². The van der Waals surface area contributed by atoms with Gasteiger partial charge in [-0.05, 0) is 58.5 Å². The maximum Gasteiger partial charge on any atom is 0.0991 e. The molecular weight excluding hydrogens is 332 g/mol. The van der Waals surface area contributed by atoms with Crippen LogP contribution >= 0.6 is 27.3 Å². The van der Waals surface area contributed by atoms with Crippen molar-refractivity contribution < 1.29 is 0 Å². The van der Waals surface area contributed by atoms with Gasteiger partial charge in [0.15, 0.2) is 0 Å². The summed E-state index contributed by atoms with van der Waals surface area (Å²) in [5.74, 6) is 0. The van der Waals surface area contributed by atoms with Gasteiger partial charge in [0.2, 0.25) is 0 Å². The molecule has 1 heterocycles. The van der Waals surface area contributed by atoms with Gasteiger partial charge in [-0.1, -0.05) is 19.1 Å². The molecule has 0 fully saturated rings. The number of nitriles is 1. The molecule has 20 heavy (non-hydrogen) atoms. The molecule has 1 aromatic carbocycles. The van der Waals surface area contributed by atoms with E-state index >= 15 is 0 Å². The van der Waals surface area contributed by atoms with Crippen molar-refractivity contribution in [3.63, 3.8) is 0 Å². The summed E-state index contributed by atoms with van der Waals surface area (Å²) in [6, 6.07) is 12.5.